The van der Waals surface area contributed by atoms with E-state index in [4.69, 9.17) is 0 Å². The molecule has 1 unspecified atom stereocenters. The fourth-order valence-electron chi connectivity index (χ4n) is 3.64. The van der Waals surface area contributed by atoms with Crippen LogP contribution < -0.4 is 16.2 Å². The Balaban J connectivity index is 1.87. The monoisotopic (exact) mass is 456 g/mol. The van der Waals surface area contributed by atoms with Gasteiger partial charge in [-0.3, -0.25) is 9.36 Å². The Morgan fingerprint density at radius 1 is 1.24 bits per heavy atom. The number of aliphatic carboxylic acids is 1. The van der Waals surface area contributed by atoms with E-state index in [1.54, 1.807) is 36.4 Å². The summed E-state index contributed by atoms with van der Waals surface area (Å²) in [5.74, 6) is -0.843. The Hall–Kier alpha value is -4.08. The number of nitrogens with zero attached hydrogens (tertiary/aromatic N) is 2. The standard InChI is InChI=1S/C23H19F3N4O3/c1-30-20(13-6-3-2-4-7-13)29-18-14(10-15(23(24,25)26)11-16(18)21(30)31)12-28-17-8-5-9-27-19(17)22(32)33/h2-11,19,27-28H,12H2,1H3,(H,32,33). The van der Waals surface area contributed by atoms with Crippen molar-refractivity contribution in [3.8, 4) is 11.4 Å². The van der Waals surface area contributed by atoms with E-state index in [9.17, 15) is 27.9 Å². The van der Waals surface area contributed by atoms with Crippen molar-refractivity contribution < 1.29 is 23.1 Å². The Labute approximate surface area is 185 Å². The van der Waals surface area contributed by atoms with Crippen molar-refractivity contribution >= 4 is 16.9 Å². The molecule has 0 bridgehead atoms. The van der Waals surface area contributed by atoms with Crippen LogP contribution in [0, 0.1) is 0 Å². The number of aromatic nitrogens is 2. The number of carboxylic acid groups (broad SMARTS) is 1. The van der Waals surface area contributed by atoms with Crippen LogP contribution in [0.3, 0.4) is 0 Å². The average Bonchev–Trinajstić information content (AvgIpc) is 2.79. The normalized spacial score (nSPS) is 15.8. The number of hydrogen-bond donors (Lipinski definition) is 3. The molecule has 0 saturated heterocycles. The van der Waals surface area contributed by atoms with Crippen molar-refractivity contribution in [3.05, 3.63) is 88.0 Å². The fourth-order valence-corrected chi connectivity index (χ4v) is 3.64. The van der Waals surface area contributed by atoms with Gasteiger partial charge in [0.25, 0.3) is 5.56 Å². The van der Waals surface area contributed by atoms with Crippen LogP contribution >= 0.6 is 0 Å². The first-order valence-corrected chi connectivity index (χ1v) is 9.92. The quantitative estimate of drug-likeness (QED) is 0.546. The lowest BCUT2D eigenvalue weighted by atomic mass is 10.0. The Kier molecular flexibility index (Phi) is 5.67. The minimum absolute atomic E-state index is 0.115. The van der Waals surface area contributed by atoms with Gasteiger partial charge in [0.15, 0.2) is 6.04 Å². The van der Waals surface area contributed by atoms with E-state index >= 15 is 0 Å². The van der Waals surface area contributed by atoms with E-state index in [0.29, 0.717) is 11.4 Å². The number of rotatable bonds is 5. The molecule has 3 aromatic rings. The van der Waals surface area contributed by atoms with Crippen LogP contribution in [-0.4, -0.2) is 26.7 Å². The molecule has 3 N–H and O–H groups in total. The number of halogens is 3. The number of alkyl halides is 3. The maximum absolute atomic E-state index is 13.6. The topological polar surface area (TPSA) is 96.2 Å². The van der Waals surface area contributed by atoms with Gasteiger partial charge in [-0.1, -0.05) is 30.3 Å². The molecule has 10 heteroatoms. The number of allylic oxidation sites excluding steroid dienone is 2. The van der Waals surface area contributed by atoms with Crippen LogP contribution in [0.25, 0.3) is 22.3 Å². The first kappa shape index (κ1) is 22.1. The molecule has 0 spiro atoms. The van der Waals surface area contributed by atoms with E-state index in [1.807, 2.05) is 0 Å². The summed E-state index contributed by atoms with van der Waals surface area (Å²) < 4.78 is 41.9. The Morgan fingerprint density at radius 2 is 1.97 bits per heavy atom. The van der Waals surface area contributed by atoms with Crippen molar-refractivity contribution in [1.29, 1.82) is 0 Å². The number of benzene rings is 2. The molecule has 0 radical (unpaired) electrons. The smallest absolute Gasteiger partial charge is 0.416 e. The third-order valence-corrected chi connectivity index (χ3v) is 5.29. The Morgan fingerprint density at radius 3 is 2.64 bits per heavy atom. The summed E-state index contributed by atoms with van der Waals surface area (Å²) >= 11 is 0. The predicted octanol–water partition coefficient (Wildman–Crippen LogP) is 3.16. The highest BCUT2D eigenvalue weighted by molar-refractivity contribution is 5.84. The molecule has 0 saturated carbocycles. The lowest BCUT2D eigenvalue weighted by Crippen LogP contribution is -2.41. The van der Waals surface area contributed by atoms with Crippen LogP contribution in [0.15, 0.2) is 71.3 Å². The minimum atomic E-state index is -4.68. The van der Waals surface area contributed by atoms with Gasteiger partial charge in [0, 0.05) is 24.9 Å². The zero-order valence-electron chi connectivity index (χ0n) is 17.3. The highest BCUT2D eigenvalue weighted by Gasteiger charge is 2.32. The Bertz CT molecular complexity index is 1350. The number of nitrogens with one attached hydrogen (secondary N) is 2. The molecule has 4 rings (SSSR count). The van der Waals surface area contributed by atoms with Crippen LogP contribution in [0.2, 0.25) is 0 Å². The summed E-state index contributed by atoms with van der Waals surface area (Å²) in [4.78, 5) is 29.0. The van der Waals surface area contributed by atoms with E-state index in [0.717, 1.165) is 12.1 Å². The van der Waals surface area contributed by atoms with Gasteiger partial charge < -0.3 is 15.7 Å². The zero-order valence-corrected chi connectivity index (χ0v) is 17.3. The summed E-state index contributed by atoms with van der Waals surface area (Å²) in [6.45, 7) is -0.167. The van der Waals surface area contributed by atoms with Crippen molar-refractivity contribution in [3.63, 3.8) is 0 Å². The van der Waals surface area contributed by atoms with Crippen LogP contribution in [-0.2, 0) is 24.6 Å². The van der Waals surface area contributed by atoms with Crippen LogP contribution in [0.4, 0.5) is 13.2 Å². The van der Waals surface area contributed by atoms with E-state index in [-0.39, 0.29) is 28.7 Å². The molecule has 1 atom stereocenters. The number of fused-ring (bicyclic) bond motifs is 1. The molecule has 7 nitrogen and oxygen atoms in total. The maximum Gasteiger partial charge on any atom is 0.416 e. The third kappa shape index (κ3) is 4.32. The van der Waals surface area contributed by atoms with Gasteiger partial charge in [-0.2, -0.15) is 13.2 Å². The minimum Gasteiger partial charge on any atom is -0.479 e. The maximum atomic E-state index is 13.6. The molecule has 0 amide bonds. The highest BCUT2D eigenvalue weighted by Crippen LogP contribution is 2.33. The summed E-state index contributed by atoms with van der Waals surface area (Å²) in [5.41, 5.74) is -0.464. The van der Waals surface area contributed by atoms with Gasteiger partial charge in [0.1, 0.15) is 5.82 Å². The molecular weight excluding hydrogens is 437 g/mol. The lowest BCUT2D eigenvalue weighted by molar-refractivity contribution is -0.138. The number of dihydropyridines is 1. The van der Waals surface area contributed by atoms with Crippen molar-refractivity contribution in [1.82, 2.24) is 20.2 Å². The second-order valence-corrected chi connectivity index (χ2v) is 7.47. The van der Waals surface area contributed by atoms with Crippen molar-refractivity contribution in [2.75, 3.05) is 0 Å². The molecule has 2 heterocycles. The van der Waals surface area contributed by atoms with Crippen molar-refractivity contribution in [2.45, 2.75) is 18.8 Å². The molecular formula is C23H19F3N4O3. The second-order valence-electron chi connectivity index (χ2n) is 7.47. The summed E-state index contributed by atoms with van der Waals surface area (Å²) in [6, 6.07) is 9.48. The van der Waals surface area contributed by atoms with Crippen LogP contribution in [0.1, 0.15) is 11.1 Å². The molecule has 0 aliphatic carbocycles. The van der Waals surface area contributed by atoms with E-state index in [1.165, 1.54) is 23.9 Å². The zero-order chi connectivity index (χ0) is 23.8. The molecule has 33 heavy (non-hydrogen) atoms. The van der Waals surface area contributed by atoms with E-state index < -0.39 is 29.3 Å². The molecule has 170 valence electrons. The third-order valence-electron chi connectivity index (χ3n) is 5.29. The second kappa shape index (κ2) is 8.45. The van der Waals surface area contributed by atoms with Gasteiger partial charge >= 0.3 is 12.1 Å². The molecule has 1 aromatic heterocycles. The molecule has 0 fully saturated rings. The number of hydrogen-bond acceptors (Lipinski definition) is 5. The fraction of sp³-hybridized carbons (Fsp3) is 0.174. The summed E-state index contributed by atoms with van der Waals surface area (Å²) in [5, 5.41) is 14.8. The highest BCUT2D eigenvalue weighted by atomic mass is 19.4. The summed E-state index contributed by atoms with van der Waals surface area (Å²) in [6.07, 6.45) is -0.119. The summed E-state index contributed by atoms with van der Waals surface area (Å²) in [7, 11) is 1.46. The van der Waals surface area contributed by atoms with Gasteiger partial charge in [0.2, 0.25) is 0 Å². The molecule has 1 aliphatic heterocycles. The van der Waals surface area contributed by atoms with Gasteiger partial charge in [0.05, 0.1) is 16.5 Å². The largest absolute Gasteiger partial charge is 0.479 e. The lowest BCUT2D eigenvalue weighted by Gasteiger charge is -2.22. The average molecular weight is 456 g/mol. The first-order chi connectivity index (χ1) is 15.7. The molecule has 2 aromatic carbocycles. The van der Waals surface area contributed by atoms with Crippen molar-refractivity contribution in [2.24, 2.45) is 7.05 Å². The van der Waals surface area contributed by atoms with E-state index in [2.05, 4.69) is 15.6 Å². The first-order valence-electron chi connectivity index (χ1n) is 9.92. The SMILES string of the molecule is Cn1c(-c2ccccc2)nc2c(CNC3=CC=CNC3C(=O)O)cc(C(F)(F)F)cc2c1=O. The molecule has 1 aliphatic rings. The number of carboxylic acids is 1. The van der Waals surface area contributed by atoms with Gasteiger partial charge in [-0.15, -0.1) is 0 Å². The predicted molar refractivity (Wildman–Crippen MR) is 116 cm³/mol. The number of carbonyl (C=O) groups is 1. The van der Waals surface area contributed by atoms with Gasteiger partial charge in [-0.25, -0.2) is 9.78 Å². The van der Waals surface area contributed by atoms with Gasteiger partial charge in [-0.05, 0) is 36.0 Å². The van der Waals surface area contributed by atoms with Crippen LogP contribution in [0.5, 0.6) is 0 Å².